The van der Waals surface area contributed by atoms with Crippen LogP contribution in [0.15, 0.2) is 35.0 Å². The summed E-state index contributed by atoms with van der Waals surface area (Å²) in [5, 5.41) is 3.97. The van der Waals surface area contributed by atoms with Gasteiger partial charge in [0.05, 0.1) is 6.20 Å². The van der Waals surface area contributed by atoms with Crippen LogP contribution in [0.3, 0.4) is 0 Å². The molecule has 0 spiro atoms. The van der Waals surface area contributed by atoms with Crippen molar-refractivity contribution < 1.29 is 4.52 Å². The molecule has 4 nitrogen and oxygen atoms in total. The molecule has 1 aliphatic rings. The van der Waals surface area contributed by atoms with E-state index >= 15 is 0 Å². The highest BCUT2D eigenvalue weighted by atomic mass is 16.5. The molecule has 1 fully saturated rings. The van der Waals surface area contributed by atoms with Crippen LogP contribution in [-0.4, -0.2) is 24.3 Å². The zero-order chi connectivity index (χ0) is 13.2. The average molecular weight is 257 g/mol. The Morgan fingerprint density at radius 3 is 2.58 bits per heavy atom. The third-order valence-electron chi connectivity index (χ3n) is 3.75. The summed E-state index contributed by atoms with van der Waals surface area (Å²) in [6.07, 6.45) is 3.86. The molecule has 2 N–H and O–H groups in total. The lowest BCUT2D eigenvalue weighted by atomic mass is 10.0. The summed E-state index contributed by atoms with van der Waals surface area (Å²) in [6, 6.07) is 8.67. The fourth-order valence-corrected chi connectivity index (χ4v) is 2.51. The normalized spacial score (nSPS) is 16.8. The molecule has 2 heterocycles. The number of rotatable bonds is 2. The molecule has 0 radical (unpaired) electrons. The molecule has 0 amide bonds. The van der Waals surface area contributed by atoms with Crippen LogP contribution in [0.1, 0.15) is 18.4 Å². The SMILES string of the molecule is Cc1ccc(-c2oncc2N2CCC(N)CC2)cc1. The Morgan fingerprint density at radius 2 is 1.89 bits per heavy atom. The molecule has 1 aromatic heterocycles. The number of aryl methyl sites for hydroxylation is 1. The van der Waals surface area contributed by atoms with E-state index in [1.54, 1.807) is 0 Å². The zero-order valence-electron chi connectivity index (χ0n) is 11.2. The first-order valence-corrected chi connectivity index (χ1v) is 6.76. The van der Waals surface area contributed by atoms with E-state index in [4.69, 9.17) is 10.3 Å². The number of nitrogens with two attached hydrogens (primary N) is 1. The van der Waals surface area contributed by atoms with E-state index < -0.39 is 0 Å². The van der Waals surface area contributed by atoms with E-state index in [1.807, 2.05) is 6.20 Å². The second-order valence-corrected chi connectivity index (χ2v) is 5.23. The van der Waals surface area contributed by atoms with Crippen LogP contribution in [0.4, 0.5) is 5.69 Å². The highest BCUT2D eigenvalue weighted by Crippen LogP contribution is 2.32. The fraction of sp³-hybridized carbons (Fsp3) is 0.400. The predicted octanol–water partition coefficient (Wildman–Crippen LogP) is 2.58. The molecule has 1 saturated heterocycles. The first kappa shape index (κ1) is 12.2. The topological polar surface area (TPSA) is 55.3 Å². The summed E-state index contributed by atoms with van der Waals surface area (Å²) in [5.74, 6) is 0.857. The summed E-state index contributed by atoms with van der Waals surface area (Å²) in [4.78, 5) is 2.31. The minimum atomic E-state index is 0.332. The van der Waals surface area contributed by atoms with Crippen molar-refractivity contribution in [3.05, 3.63) is 36.0 Å². The largest absolute Gasteiger partial charge is 0.367 e. The van der Waals surface area contributed by atoms with Crippen molar-refractivity contribution in [1.82, 2.24) is 5.16 Å². The lowest BCUT2D eigenvalue weighted by Gasteiger charge is -2.31. The Morgan fingerprint density at radius 1 is 1.21 bits per heavy atom. The van der Waals surface area contributed by atoms with E-state index in [1.165, 1.54) is 5.56 Å². The van der Waals surface area contributed by atoms with Crippen molar-refractivity contribution in [2.75, 3.05) is 18.0 Å². The average Bonchev–Trinajstić information content (AvgIpc) is 2.90. The van der Waals surface area contributed by atoms with Gasteiger partial charge < -0.3 is 15.2 Å². The van der Waals surface area contributed by atoms with Crippen molar-refractivity contribution in [2.45, 2.75) is 25.8 Å². The summed E-state index contributed by atoms with van der Waals surface area (Å²) in [7, 11) is 0. The van der Waals surface area contributed by atoms with Crippen LogP contribution < -0.4 is 10.6 Å². The van der Waals surface area contributed by atoms with E-state index in [9.17, 15) is 0 Å². The quantitative estimate of drug-likeness (QED) is 0.898. The van der Waals surface area contributed by atoms with Crippen LogP contribution >= 0.6 is 0 Å². The molecule has 2 aromatic rings. The molecular formula is C15H19N3O. The van der Waals surface area contributed by atoms with Crippen LogP contribution in [-0.2, 0) is 0 Å². The van der Waals surface area contributed by atoms with Crippen molar-refractivity contribution in [2.24, 2.45) is 5.73 Å². The standard InChI is InChI=1S/C15H19N3O/c1-11-2-4-12(5-3-11)15-14(10-17-19-15)18-8-6-13(16)7-9-18/h2-5,10,13H,6-9,16H2,1H3. The summed E-state index contributed by atoms with van der Waals surface area (Å²) >= 11 is 0. The number of hydrogen-bond donors (Lipinski definition) is 1. The molecule has 0 saturated carbocycles. The van der Waals surface area contributed by atoms with Gasteiger partial charge in [-0.25, -0.2) is 0 Å². The van der Waals surface area contributed by atoms with Gasteiger partial charge in [-0.05, 0) is 19.8 Å². The minimum absolute atomic E-state index is 0.332. The summed E-state index contributed by atoms with van der Waals surface area (Å²) < 4.78 is 5.45. The lowest BCUT2D eigenvalue weighted by molar-refractivity contribution is 0.431. The van der Waals surface area contributed by atoms with Crippen LogP contribution in [0.25, 0.3) is 11.3 Å². The van der Waals surface area contributed by atoms with Crippen molar-refractivity contribution in [3.8, 4) is 11.3 Å². The molecule has 19 heavy (non-hydrogen) atoms. The molecule has 4 heteroatoms. The highest BCUT2D eigenvalue weighted by molar-refractivity contribution is 5.73. The first-order valence-electron chi connectivity index (χ1n) is 6.76. The van der Waals surface area contributed by atoms with Gasteiger partial charge in [-0.2, -0.15) is 0 Å². The van der Waals surface area contributed by atoms with E-state index in [-0.39, 0.29) is 0 Å². The third-order valence-corrected chi connectivity index (χ3v) is 3.75. The summed E-state index contributed by atoms with van der Waals surface area (Å²) in [5.41, 5.74) is 9.35. The Hall–Kier alpha value is -1.81. The van der Waals surface area contributed by atoms with Gasteiger partial charge >= 0.3 is 0 Å². The van der Waals surface area contributed by atoms with Gasteiger partial charge in [0.1, 0.15) is 5.69 Å². The number of anilines is 1. The Balaban J connectivity index is 1.88. The highest BCUT2D eigenvalue weighted by Gasteiger charge is 2.21. The van der Waals surface area contributed by atoms with Crippen LogP contribution in [0.5, 0.6) is 0 Å². The second kappa shape index (κ2) is 5.05. The van der Waals surface area contributed by atoms with E-state index in [2.05, 4.69) is 41.2 Å². The molecule has 0 unspecified atom stereocenters. The Labute approximate surface area is 113 Å². The maximum atomic E-state index is 5.95. The number of hydrogen-bond acceptors (Lipinski definition) is 4. The maximum absolute atomic E-state index is 5.95. The fourth-order valence-electron chi connectivity index (χ4n) is 2.51. The molecule has 100 valence electrons. The first-order chi connectivity index (χ1) is 9.24. The van der Waals surface area contributed by atoms with Crippen LogP contribution in [0.2, 0.25) is 0 Å². The Bertz CT molecular complexity index is 539. The number of nitrogens with zero attached hydrogens (tertiary/aromatic N) is 2. The van der Waals surface area contributed by atoms with Gasteiger partial charge in [-0.1, -0.05) is 35.0 Å². The predicted molar refractivity (Wildman–Crippen MR) is 76.1 cm³/mol. The molecule has 0 atom stereocenters. The van der Waals surface area contributed by atoms with Gasteiger partial charge in [0.2, 0.25) is 0 Å². The maximum Gasteiger partial charge on any atom is 0.190 e. The zero-order valence-corrected chi connectivity index (χ0v) is 11.2. The number of benzene rings is 1. The molecule has 1 aromatic carbocycles. The van der Waals surface area contributed by atoms with Crippen molar-refractivity contribution >= 4 is 5.69 Å². The minimum Gasteiger partial charge on any atom is -0.367 e. The molecular weight excluding hydrogens is 238 g/mol. The van der Waals surface area contributed by atoms with E-state index in [0.29, 0.717) is 6.04 Å². The third kappa shape index (κ3) is 2.49. The number of piperidine rings is 1. The Kier molecular flexibility index (Phi) is 3.25. The monoisotopic (exact) mass is 257 g/mol. The van der Waals surface area contributed by atoms with Gasteiger partial charge in [-0.3, -0.25) is 0 Å². The van der Waals surface area contributed by atoms with Crippen molar-refractivity contribution in [1.29, 1.82) is 0 Å². The summed E-state index contributed by atoms with van der Waals surface area (Å²) in [6.45, 7) is 4.03. The molecule has 3 rings (SSSR count). The number of aromatic nitrogens is 1. The lowest BCUT2D eigenvalue weighted by Crippen LogP contribution is -2.39. The molecule has 0 aliphatic carbocycles. The van der Waals surface area contributed by atoms with Crippen molar-refractivity contribution in [3.63, 3.8) is 0 Å². The molecule has 1 aliphatic heterocycles. The molecule has 0 bridgehead atoms. The van der Waals surface area contributed by atoms with Crippen LogP contribution in [0, 0.1) is 6.92 Å². The van der Waals surface area contributed by atoms with Gasteiger partial charge in [0.25, 0.3) is 0 Å². The second-order valence-electron chi connectivity index (χ2n) is 5.23. The van der Waals surface area contributed by atoms with Gasteiger partial charge in [-0.15, -0.1) is 0 Å². The smallest absolute Gasteiger partial charge is 0.190 e. The van der Waals surface area contributed by atoms with E-state index in [0.717, 1.165) is 42.9 Å². The van der Waals surface area contributed by atoms with Gasteiger partial charge in [0, 0.05) is 24.7 Å². The van der Waals surface area contributed by atoms with Gasteiger partial charge in [0.15, 0.2) is 5.76 Å².